The number of aliphatic hydroxyl groups is 3. The van der Waals surface area contributed by atoms with Crippen LogP contribution in [0.4, 0.5) is 0 Å². The molecule has 1 aromatic carbocycles. The molecular formula is C37H48O6. The summed E-state index contributed by atoms with van der Waals surface area (Å²) in [5.74, 6) is -1.15. The van der Waals surface area contributed by atoms with Crippen molar-refractivity contribution >= 4 is 5.97 Å². The third kappa shape index (κ3) is 7.49. The number of hydrogen-bond acceptors (Lipinski definition) is 6. The van der Waals surface area contributed by atoms with Crippen molar-refractivity contribution in [1.82, 2.24) is 0 Å². The van der Waals surface area contributed by atoms with Crippen LogP contribution in [-0.4, -0.2) is 44.2 Å². The first-order valence-corrected chi connectivity index (χ1v) is 15.3. The zero-order valence-corrected chi connectivity index (χ0v) is 26.2. The van der Waals surface area contributed by atoms with E-state index in [2.05, 4.69) is 32.9 Å². The number of hydrogen-bond donors (Lipinski definition) is 4. The Morgan fingerprint density at radius 3 is 2.26 bits per heavy atom. The Kier molecular flexibility index (Phi) is 10.1. The molecule has 1 aromatic rings. The average molecular weight is 589 g/mol. The fourth-order valence-corrected chi connectivity index (χ4v) is 7.53. The van der Waals surface area contributed by atoms with Crippen molar-refractivity contribution in [3.63, 3.8) is 0 Å². The van der Waals surface area contributed by atoms with Gasteiger partial charge in [0, 0.05) is 29.7 Å². The minimum atomic E-state index is -0.910. The number of rotatable bonds is 1. The fourth-order valence-electron chi connectivity index (χ4n) is 7.53. The molecule has 6 heteroatoms. The highest BCUT2D eigenvalue weighted by Crippen LogP contribution is 2.62. The van der Waals surface area contributed by atoms with Crippen molar-refractivity contribution in [1.29, 1.82) is 0 Å². The van der Waals surface area contributed by atoms with Gasteiger partial charge in [-0.1, -0.05) is 98.7 Å². The summed E-state index contributed by atoms with van der Waals surface area (Å²) in [5.41, 5.74) is 1.51. The molecule has 9 atom stereocenters. The standard InChI is InChI=1S/C37H48O6/c1-23-13-19-31(40)25(3)30(39)12-10-8-7-9-11-28-24(2)21-29-34(36(4,5)22-37(29,6)42)33(28)35(43-32(41)20-14-23)26-15-17-27(38)18-16-26/h7-18,20-21,25,28-31,33-35,38-40,42H,19,22H2,1-6H3/b8-7-,11-9-,12-10-,20-14-,23-13-/t25-,28-,29+,30+,31+,33+,34-,35+,37+/m0/s1. The van der Waals surface area contributed by atoms with E-state index in [0.717, 1.165) is 16.7 Å². The summed E-state index contributed by atoms with van der Waals surface area (Å²) in [6, 6.07) is 6.83. The molecule has 4 rings (SSSR count). The summed E-state index contributed by atoms with van der Waals surface area (Å²) >= 11 is 0. The predicted octanol–water partition coefficient (Wildman–Crippen LogP) is 6.51. The van der Waals surface area contributed by atoms with Crippen LogP contribution in [-0.2, 0) is 9.53 Å². The Labute approximate surface area is 256 Å². The Morgan fingerprint density at radius 2 is 1.58 bits per heavy atom. The number of ether oxygens (including phenoxy) is 1. The van der Waals surface area contributed by atoms with Crippen LogP contribution in [0.2, 0.25) is 0 Å². The first-order valence-electron chi connectivity index (χ1n) is 15.3. The summed E-state index contributed by atoms with van der Waals surface area (Å²) in [7, 11) is 0. The van der Waals surface area contributed by atoms with E-state index >= 15 is 0 Å². The molecule has 0 saturated heterocycles. The van der Waals surface area contributed by atoms with Crippen LogP contribution in [0.5, 0.6) is 5.75 Å². The van der Waals surface area contributed by atoms with Crippen molar-refractivity contribution in [2.45, 2.75) is 78.3 Å². The summed E-state index contributed by atoms with van der Waals surface area (Å²) in [4.78, 5) is 13.4. The second-order valence-electron chi connectivity index (χ2n) is 13.6. The molecule has 0 amide bonds. The molecule has 1 saturated carbocycles. The average Bonchev–Trinajstić information content (AvgIpc) is 3.13. The Balaban J connectivity index is 1.85. The summed E-state index contributed by atoms with van der Waals surface area (Å²) in [5, 5.41) is 42.8. The van der Waals surface area contributed by atoms with Crippen molar-refractivity contribution < 1.29 is 30.0 Å². The predicted molar refractivity (Wildman–Crippen MR) is 170 cm³/mol. The van der Waals surface area contributed by atoms with Gasteiger partial charge in [0.15, 0.2) is 0 Å². The van der Waals surface area contributed by atoms with E-state index in [-0.39, 0.29) is 40.8 Å². The molecule has 1 heterocycles. The number of cyclic esters (lactones) is 1. The molecular weight excluding hydrogens is 540 g/mol. The van der Waals surface area contributed by atoms with Crippen LogP contribution in [0.3, 0.4) is 0 Å². The van der Waals surface area contributed by atoms with Gasteiger partial charge in [0.25, 0.3) is 0 Å². The quantitative estimate of drug-likeness (QED) is 0.220. The lowest BCUT2D eigenvalue weighted by molar-refractivity contribution is -0.150. The van der Waals surface area contributed by atoms with E-state index in [0.29, 0.717) is 12.8 Å². The summed E-state index contributed by atoms with van der Waals surface area (Å²) in [6.45, 7) is 12.0. The number of phenolic OH excluding ortho intramolecular Hbond substituents is 1. The lowest BCUT2D eigenvalue weighted by Crippen LogP contribution is -2.44. The first kappa shape index (κ1) is 32.7. The number of aromatic hydroxyl groups is 1. The molecule has 0 spiro atoms. The van der Waals surface area contributed by atoms with Gasteiger partial charge in [0.05, 0.1) is 17.8 Å². The normalized spacial score (nSPS) is 41.0. The Morgan fingerprint density at radius 1 is 0.930 bits per heavy atom. The number of carbonyl (C=O) groups is 1. The van der Waals surface area contributed by atoms with E-state index < -0.39 is 29.9 Å². The minimum absolute atomic E-state index is 0.00540. The van der Waals surface area contributed by atoms with Crippen LogP contribution in [0.15, 0.2) is 96.2 Å². The van der Waals surface area contributed by atoms with Gasteiger partial charge in [0.1, 0.15) is 11.9 Å². The largest absolute Gasteiger partial charge is 0.508 e. The second-order valence-corrected chi connectivity index (χ2v) is 13.6. The fraction of sp³-hybridized carbons (Fsp3) is 0.486. The molecule has 43 heavy (non-hydrogen) atoms. The molecule has 0 aromatic heterocycles. The monoisotopic (exact) mass is 588 g/mol. The molecule has 2 aliphatic carbocycles. The lowest BCUT2D eigenvalue weighted by atomic mass is 9.59. The molecule has 0 bridgehead atoms. The van der Waals surface area contributed by atoms with E-state index in [1.165, 1.54) is 6.08 Å². The van der Waals surface area contributed by atoms with Crippen LogP contribution in [0, 0.1) is 35.0 Å². The van der Waals surface area contributed by atoms with E-state index in [9.17, 15) is 25.2 Å². The third-order valence-electron chi connectivity index (χ3n) is 9.70. The Hall–Kier alpha value is -3.19. The number of phenols is 1. The van der Waals surface area contributed by atoms with E-state index in [1.807, 2.05) is 38.2 Å². The van der Waals surface area contributed by atoms with Gasteiger partial charge in [0.2, 0.25) is 0 Å². The van der Waals surface area contributed by atoms with Crippen molar-refractivity contribution in [2.75, 3.05) is 0 Å². The second kappa shape index (κ2) is 13.2. The maximum atomic E-state index is 13.4. The maximum Gasteiger partial charge on any atom is 0.331 e. The van der Waals surface area contributed by atoms with E-state index in [4.69, 9.17) is 4.74 Å². The first-order chi connectivity index (χ1) is 20.2. The number of allylic oxidation sites excluding steroid dienone is 8. The van der Waals surface area contributed by atoms with Gasteiger partial charge in [-0.2, -0.15) is 0 Å². The van der Waals surface area contributed by atoms with Crippen LogP contribution >= 0.6 is 0 Å². The third-order valence-corrected chi connectivity index (χ3v) is 9.70. The smallest absolute Gasteiger partial charge is 0.331 e. The van der Waals surface area contributed by atoms with Crippen LogP contribution in [0.1, 0.15) is 66.1 Å². The Bertz CT molecular complexity index is 1330. The molecule has 6 nitrogen and oxygen atoms in total. The number of fused-ring (bicyclic) bond motifs is 3. The van der Waals surface area contributed by atoms with Gasteiger partial charge in [-0.15, -0.1) is 0 Å². The van der Waals surface area contributed by atoms with Gasteiger partial charge < -0.3 is 25.2 Å². The molecule has 0 unspecified atom stereocenters. The van der Waals surface area contributed by atoms with Gasteiger partial charge in [-0.25, -0.2) is 4.79 Å². The SMILES string of the molecule is CC1=C[C@@H]2[C@@H]([C@@H]3[C@@H](c4ccc(O)cc4)OC(=O)/C=C\C(C)=C/C[C@@H](O)[C@@H](C)[C@H](O)\C=C/C=C\C=C/[C@@H]13)C(C)(C)C[C@@]2(C)O. The van der Waals surface area contributed by atoms with Gasteiger partial charge >= 0.3 is 5.97 Å². The van der Waals surface area contributed by atoms with Gasteiger partial charge in [-0.3, -0.25) is 0 Å². The topological polar surface area (TPSA) is 107 Å². The lowest BCUT2D eigenvalue weighted by Gasteiger charge is -2.47. The molecule has 3 aliphatic rings. The number of benzene rings is 1. The molecule has 1 aliphatic heterocycles. The maximum absolute atomic E-state index is 13.4. The number of aliphatic hydroxyl groups excluding tert-OH is 2. The molecule has 4 N–H and O–H groups in total. The molecule has 0 radical (unpaired) electrons. The highest BCUT2D eigenvalue weighted by molar-refractivity contribution is 5.82. The highest BCUT2D eigenvalue weighted by Gasteiger charge is 2.60. The van der Waals surface area contributed by atoms with Crippen molar-refractivity contribution in [3.8, 4) is 5.75 Å². The summed E-state index contributed by atoms with van der Waals surface area (Å²) < 4.78 is 6.34. The van der Waals surface area contributed by atoms with Crippen molar-refractivity contribution in [3.05, 3.63) is 102 Å². The van der Waals surface area contributed by atoms with Crippen molar-refractivity contribution in [2.24, 2.45) is 35.0 Å². The zero-order valence-electron chi connectivity index (χ0n) is 26.2. The number of esters is 1. The number of carbonyl (C=O) groups excluding carboxylic acids is 1. The summed E-state index contributed by atoms with van der Waals surface area (Å²) in [6.07, 6.45) is 17.2. The van der Waals surface area contributed by atoms with Crippen LogP contribution in [0.25, 0.3) is 0 Å². The highest BCUT2D eigenvalue weighted by atomic mass is 16.5. The van der Waals surface area contributed by atoms with Gasteiger partial charge in [-0.05, 0) is 62.6 Å². The zero-order chi connectivity index (χ0) is 31.5. The van der Waals surface area contributed by atoms with Crippen LogP contribution < -0.4 is 0 Å². The minimum Gasteiger partial charge on any atom is -0.508 e. The molecule has 1 fully saturated rings. The van der Waals surface area contributed by atoms with E-state index in [1.54, 1.807) is 49.4 Å². The molecule has 232 valence electrons.